The van der Waals surface area contributed by atoms with Crippen LogP contribution in [0.1, 0.15) is 32.2 Å². The molecule has 0 N–H and O–H groups in total. The second-order valence-corrected chi connectivity index (χ2v) is 5.71. The van der Waals surface area contributed by atoms with Gasteiger partial charge in [-0.1, -0.05) is 20.8 Å². The number of halogens is 1. The fourth-order valence-corrected chi connectivity index (χ4v) is 2.10. The maximum Gasteiger partial charge on any atom is 0.237 e. The molecule has 1 amide bonds. The Morgan fingerprint density at radius 2 is 2.18 bits per heavy atom. The normalized spacial score (nSPS) is 15.9. The summed E-state index contributed by atoms with van der Waals surface area (Å²) in [5.74, 6) is 0.0525. The van der Waals surface area contributed by atoms with Crippen LogP contribution in [0.3, 0.4) is 0 Å². The van der Waals surface area contributed by atoms with Crippen LogP contribution in [0.4, 0.5) is 0 Å². The van der Waals surface area contributed by atoms with E-state index in [-0.39, 0.29) is 17.2 Å². The van der Waals surface area contributed by atoms with Gasteiger partial charge in [0, 0.05) is 12.0 Å². The molecule has 0 radical (unpaired) electrons. The van der Waals surface area contributed by atoms with Gasteiger partial charge in [0.25, 0.3) is 0 Å². The number of alkyl halides is 1. The lowest BCUT2D eigenvalue weighted by molar-refractivity contribution is -0.129. The number of hydrogen-bond donors (Lipinski definition) is 0. The molecule has 1 aliphatic rings. The molecule has 4 nitrogen and oxygen atoms in total. The van der Waals surface area contributed by atoms with Crippen molar-refractivity contribution in [3.63, 3.8) is 0 Å². The van der Waals surface area contributed by atoms with Crippen LogP contribution in [0.5, 0.6) is 0 Å². The zero-order chi connectivity index (χ0) is 12.6. The summed E-state index contributed by atoms with van der Waals surface area (Å²) in [5.41, 5.74) is 2.22. The van der Waals surface area contributed by atoms with Crippen LogP contribution in [0.15, 0.2) is 6.07 Å². The average molecular weight is 256 g/mol. The van der Waals surface area contributed by atoms with Gasteiger partial charge in [0.1, 0.15) is 5.88 Å². The lowest BCUT2D eigenvalue weighted by Crippen LogP contribution is -2.39. The van der Waals surface area contributed by atoms with Crippen LogP contribution in [-0.2, 0) is 23.3 Å². The molecule has 17 heavy (non-hydrogen) atoms. The van der Waals surface area contributed by atoms with Crippen molar-refractivity contribution >= 4 is 17.5 Å². The molecule has 5 heteroatoms. The molecule has 0 aliphatic carbocycles. The number of amides is 1. The Labute approximate surface area is 107 Å². The van der Waals surface area contributed by atoms with Gasteiger partial charge in [-0.25, -0.2) is 0 Å². The fourth-order valence-electron chi connectivity index (χ4n) is 1.93. The SMILES string of the molecule is CC(C)(C)c1cc2n(n1)CCN(C(=O)CCl)C2. The summed E-state index contributed by atoms with van der Waals surface area (Å²) in [6, 6.07) is 2.09. The molecule has 0 aromatic carbocycles. The third kappa shape index (κ3) is 2.46. The zero-order valence-electron chi connectivity index (χ0n) is 10.5. The summed E-state index contributed by atoms with van der Waals surface area (Å²) in [5, 5.41) is 4.59. The minimum atomic E-state index is -0.00331. The summed E-state index contributed by atoms with van der Waals surface area (Å²) >= 11 is 5.58. The van der Waals surface area contributed by atoms with Gasteiger partial charge in [0.15, 0.2) is 0 Å². The molecule has 0 fully saturated rings. The molecule has 0 saturated heterocycles. The van der Waals surface area contributed by atoms with E-state index in [1.807, 2.05) is 4.68 Å². The van der Waals surface area contributed by atoms with Crippen LogP contribution < -0.4 is 0 Å². The smallest absolute Gasteiger partial charge is 0.237 e. The Morgan fingerprint density at radius 3 is 2.76 bits per heavy atom. The molecule has 1 aromatic heterocycles. The molecule has 0 unspecified atom stereocenters. The first-order chi connectivity index (χ1) is 7.91. The standard InChI is InChI=1S/C12H18ClN3O/c1-12(2,3)10-6-9-8-15(11(17)7-13)4-5-16(9)14-10/h6H,4-5,7-8H2,1-3H3. The second-order valence-electron chi connectivity index (χ2n) is 5.44. The maximum absolute atomic E-state index is 11.5. The van der Waals surface area contributed by atoms with E-state index >= 15 is 0 Å². The Balaban J connectivity index is 2.21. The molecule has 94 valence electrons. The molecule has 0 atom stereocenters. The largest absolute Gasteiger partial charge is 0.334 e. The van der Waals surface area contributed by atoms with Crippen molar-refractivity contribution < 1.29 is 4.79 Å². The van der Waals surface area contributed by atoms with Gasteiger partial charge in [-0.05, 0) is 6.07 Å². The molecule has 0 spiro atoms. The summed E-state index contributed by atoms with van der Waals surface area (Å²) in [6.07, 6.45) is 0. The topological polar surface area (TPSA) is 38.1 Å². The van der Waals surface area contributed by atoms with Crippen molar-refractivity contribution in [3.05, 3.63) is 17.5 Å². The first-order valence-corrected chi connectivity index (χ1v) is 6.36. The third-order valence-electron chi connectivity index (χ3n) is 3.03. The highest BCUT2D eigenvalue weighted by atomic mass is 35.5. The molecule has 0 bridgehead atoms. The maximum atomic E-state index is 11.5. The summed E-state index contributed by atoms with van der Waals surface area (Å²) < 4.78 is 2.00. The van der Waals surface area contributed by atoms with Crippen molar-refractivity contribution in [3.8, 4) is 0 Å². The van der Waals surface area contributed by atoms with E-state index in [0.717, 1.165) is 17.9 Å². The molecular formula is C12H18ClN3O. The molecular weight excluding hydrogens is 238 g/mol. The van der Waals surface area contributed by atoms with Crippen LogP contribution >= 0.6 is 11.6 Å². The summed E-state index contributed by atoms with van der Waals surface area (Å²) in [4.78, 5) is 13.3. The van der Waals surface area contributed by atoms with Crippen LogP contribution in [0.25, 0.3) is 0 Å². The van der Waals surface area contributed by atoms with E-state index in [1.165, 1.54) is 0 Å². The minimum absolute atomic E-state index is 0.00331. The van der Waals surface area contributed by atoms with Crippen LogP contribution in [0, 0.1) is 0 Å². The number of rotatable bonds is 1. The number of carbonyl (C=O) groups is 1. The van der Waals surface area contributed by atoms with Crippen molar-refractivity contribution in [2.45, 2.75) is 39.3 Å². The lowest BCUT2D eigenvalue weighted by Gasteiger charge is -2.26. The van der Waals surface area contributed by atoms with Crippen molar-refractivity contribution in [2.24, 2.45) is 0 Å². The van der Waals surface area contributed by atoms with E-state index in [1.54, 1.807) is 4.90 Å². The lowest BCUT2D eigenvalue weighted by atomic mass is 9.92. The molecule has 0 saturated carbocycles. The van der Waals surface area contributed by atoms with E-state index in [9.17, 15) is 4.79 Å². The van der Waals surface area contributed by atoms with Gasteiger partial charge in [0.05, 0.1) is 24.5 Å². The Bertz CT molecular complexity index is 433. The Kier molecular flexibility index (Phi) is 3.17. The number of hydrogen-bond acceptors (Lipinski definition) is 2. The average Bonchev–Trinajstić information content (AvgIpc) is 2.70. The Hall–Kier alpha value is -1.03. The number of aromatic nitrogens is 2. The van der Waals surface area contributed by atoms with Crippen molar-refractivity contribution in [1.29, 1.82) is 0 Å². The molecule has 2 rings (SSSR count). The predicted octanol–water partition coefficient (Wildman–Crippen LogP) is 1.76. The van der Waals surface area contributed by atoms with E-state index in [4.69, 9.17) is 11.6 Å². The summed E-state index contributed by atoms with van der Waals surface area (Å²) in [6.45, 7) is 8.50. The predicted molar refractivity (Wildman–Crippen MR) is 67.1 cm³/mol. The van der Waals surface area contributed by atoms with E-state index in [0.29, 0.717) is 13.1 Å². The van der Waals surface area contributed by atoms with Crippen LogP contribution in [0.2, 0.25) is 0 Å². The highest BCUT2D eigenvalue weighted by molar-refractivity contribution is 6.27. The van der Waals surface area contributed by atoms with Gasteiger partial charge >= 0.3 is 0 Å². The highest BCUT2D eigenvalue weighted by Gasteiger charge is 2.25. The number of fused-ring (bicyclic) bond motifs is 1. The zero-order valence-corrected chi connectivity index (χ0v) is 11.3. The van der Waals surface area contributed by atoms with Crippen molar-refractivity contribution in [1.82, 2.24) is 14.7 Å². The van der Waals surface area contributed by atoms with Crippen LogP contribution in [-0.4, -0.2) is 33.0 Å². The first kappa shape index (κ1) is 12.4. The van der Waals surface area contributed by atoms with Gasteiger partial charge in [-0.15, -0.1) is 11.6 Å². The van der Waals surface area contributed by atoms with Gasteiger partial charge in [0.2, 0.25) is 5.91 Å². The quantitative estimate of drug-likeness (QED) is 0.718. The minimum Gasteiger partial charge on any atom is -0.334 e. The summed E-state index contributed by atoms with van der Waals surface area (Å²) in [7, 11) is 0. The van der Waals surface area contributed by atoms with E-state index in [2.05, 4.69) is 31.9 Å². The monoisotopic (exact) mass is 255 g/mol. The molecule has 1 aromatic rings. The highest BCUT2D eigenvalue weighted by Crippen LogP contribution is 2.23. The van der Waals surface area contributed by atoms with Crippen molar-refractivity contribution in [2.75, 3.05) is 12.4 Å². The Morgan fingerprint density at radius 1 is 1.47 bits per heavy atom. The van der Waals surface area contributed by atoms with Gasteiger partial charge < -0.3 is 4.90 Å². The third-order valence-corrected chi connectivity index (χ3v) is 3.26. The van der Waals surface area contributed by atoms with Gasteiger partial charge in [-0.3, -0.25) is 9.48 Å². The molecule has 1 aliphatic heterocycles. The molecule has 2 heterocycles. The fraction of sp³-hybridized carbons (Fsp3) is 0.667. The second kappa shape index (κ2) is 4.33. The number of carbonyl (C=O) groups excluding carboxylic acids is 1. The van der Waals surface area contributed by atoms with E-state index < -0.39 is 0 Å². The first-order valence-electron chi connectivity index (χ1n) is 5.83. The van der Waals surface area contributed by atoms with Gasteiger partial charge in [-0.2, -0.15) is 5.10 Å². The number of nitrogens with zero attached hydrogens (tertiary/aromatic N) is 3.